The summed E-state index contributed by atoms with van der Waals surface area (Å²) < 4.78 is 0. The summed E-state index contributed by atoms with van der Waals surface area (Å²) in [6, 6.07) is 0. The van der Waals surface area contributed by atoms with Gasteiger partial charge in [0.2, 0.25) is 11.8 Å². The Morgan fingerprint density at radius 2 is 2.00 bits per heavy atom. The molecule has 1 aliphatic carbocycles. The van der Waals surface area contributed by atoms with E-state index in [4.69, 9.17) is 0 Å². The predicted molar refractivity (Wildman–Crippen MR) is 69.5 cm³/mol. The standard InChI is InChI=1S/C13H22N2O4/c1-9-6-4-5-7-13(9,12(18)19)14-11(17)8-15(3)10(2)16/h9H,4-8H2,1-3H3,(H,14,17)(H,18,19). The lowest BCUT2D eigenvalue weighted by Crippen LogP contribution is -2.61. The first-order valence-electron chi connectivity index (χ1n) is 6.55. The van der Waals surface area contributed by atoms with Crippen molar-refractivity contribution in [2.45, 2.75) is 45.1 Å². The van der Waals surface area contributed by atoms with Crippen LogP contribution in [0.25, 0.3) is 0 Å². The molecule has 0 aromatic carbocycles. The van der Waals surface area contributed by atoms with E-state index in [9.17, 15) is 19.5 Å². The summed E-state index contributed by atoms with van der Waals surface area (Å²) in [5.41, 5.74) is -1.19. The lowest BCUT2D eigenvalue weighted by molar-refractivity contribution is -0.152. The first kappa shape index (κ1) is 15.5. The smallest absolute Gasteiger partial charge is 0.329 e. The molecule has 0 saturated heterocycles. The van der Waals surface area contributed by atoms with Gasteiger partial charge >= 0.3 is 5.97 Å². The second-order valence-corrected chi connectivity index (χ2v) is 5.35. The van der Waals surface area contributed by atoms with Crippen molar-refractivity contribution in [1.29, 1.82) is 0 Å². The molecule has 1 saturated carbocycles. The Morgan fingerprint density at radius 3 is 2.47 bits per heavy atom. The maximum Gasteiger partial charge on any atom is 0.329 e. The fourth-order valence-electron chi connectivity index (χ4n) is 2.52. The molecule has 2 amide bonds. The minimum absolute atomic E-state index is 0.106. The van der Waals surface area contributed by atoms with Crippen molar-refractivity contribution in [1.82, 2.24) is 10.2 Å². The van der Waals surface area contributed by atoms with Gasteiger partial charge in [-0.1, -0.05) is 19.8 Å². The second-order valence-electron chi connectivity index (χ2n) is 5.35. The van der Waals surface area contributed by atoms with Crippen molar-refractivity contribution in [3.8, 4) is 0 Å². The first-order valence-corrected chi connectivity index (χ1v) is 6.55. The van der Waals surface area contributed by atoms with Crippen molar-refractivity contribution < 1.29 is 19.5 Å². The highest BCUT2D eigenvalue weighted by molar-refractivity contribution is 5.90. The minimum Gasteiger partial charge on any atom is -0.479 e. The largest absolute Gasteiger partial charge is 0.479 e. The zero-order valence-corrected chi connectivity index (χ0v) is 11.7. The van der Waals surface area contributed by atoms with Crippen LogP contribution in [0.2, 0.25) is 0 Å². The predicted octanol–water partition coefficient (Wildman–Crippen LogP) is 0.614. The zero-order valence-electron chi connectivity index (χ0n) is 11.7. The van der Waals surface area contributed by atoms with E-state index in [1.165, 1.54) is 18.9 Å². The number of hydrogen-bond acceptors (Lipinski definition) is 3. The highest BCUT2D eigenvalue weighted by Crippen LogP contribution is 2.33. The minimum atomic E-state index is -1.19. The summed E-state index contributed by atoms with van der Waals surface area (Å²) in [5, 5.41) is 12.1. The van der Waals surface area contributed by atoms with E-state index < -0.39 is 17.4 Å². The summed E-state index contributed by atoms with van der Waals surface area (Å²) in [6.45, 7) is 3.10. The molecule has 1 fully saturated rings. The van der Waals surface area contributed by atoms with Gasteiger partial charge in [0, 0.05) is 14.0 Å². The van der Waals surface area contributed by atoms with E-state index in [1.807, 2.05) is 6.92 Å². The number of amides is 2. The summed E-state index contributed by atoms with van der Waals surface area (Å²) in [7, 11) is 1.51. The number of aliphatic carboxylic acids is 1. The third-order valence-electron chi connectivity index (χ3n) is 3.96. The van der Waals surface area contributed by atoms with Crippen LogP contribution in [0.1, 0.15) is 39.5 Å². The molecule has 108 valence electrons. The number of carbonyl (C=O) groups is 3. The molecule has 2 N–H and O–H groups in total. The number of nitrogens with zero attached hydrogens (tertiary/aromatic N) is 1. The number of carboxylic acids is 1. The van der Waals surface area contributed by atoms with E-state index in [0.717, 1.165) is 19.3 Å². The molecule has 0 aliphatic heterocycles. The van der Waals surface area contributed by atoms with Gasteiger partial charge in [0.05, 0.1) is 6.54 Å². The molecule has 6 nitrogen and oxygen atoms in total. The molecule has 0 bridgehead atoms. The highest BCUT2D eigenvalue weighted by Gasteiger charge is 2.46. The molecular formula is C13H22N2O4. The van der Waals surface area contributed by atoms with Crippen molar-refractivity contribution in [2.75, 3.05) is 13.6 Å². The summed E-state index contributed by atoms with van der Waals surface area (Å²) in [6.07, 6.45) is 3.01. The molecule has 0 radical (unpaired) electrons. The molecule has 19 heavy (non-hydrogen) atoms. The van der Waals surface area contributed by atoms with Gasteiger partial charge in [0.1, 0.15) is 5.54 Å². The van der Waals surface area contributed by atoms with Crippen LogP contribution in [-0.2, 0) is 14.4 Å². The highest BCUT2D eigenvalue weighted by atomic mass is 16.4. The van der Waals surface area contributed by atoms with Gasteiger partial charge in [-0.15, -0.1) is 0 Å². The van der Waals surface area contributed by atoms with E-state index >= 15 is 0 Å². The van der Waals surface area contributed by atoms with Crippen molar-refractivity contribution >= 4 is 17.8 Å². The fourth-order valence-corrected chi connectivity index (χ4v) is 2.52. The Kier molecular flexibility index (Phi) is 4.91. The Bertz CT molecular complexity index is 383. The van der Waals surface area contributed by atoms with Crippen molar-refractivity contribution in [2.24, 2.45) is 5.92 Å². The van der Waals surface area contributed by atoms with Gasteiger partial charge in [0.25, 0.3) is 0 Å². The fraction of sp³-hybridized carbons (Fsp3) is 0.769. The SMILES string of the molecule is CC(=O)N(C)CC(=O)NC1(C(=O)O)CCCCC1C. The van der Waals surface area contributed by atoms with Crippen LogP contribution >= 0.6 is 0 Å². The Balaban J connectivity index is 2.76. The first-order chi connectivity index (χ1) is 8.79. The third-order valence-corrected chi connectivity index (χ3v) is 3.96. The van der Waals surface area contributed by atoms with Crippen molar-refractivity contribution in [3.05, 3.63) is 0 Å². The lowest BCUT2D eigenvalue weighted by Gasteiger charge is -2.39. The molecule has 0 heterocycles. The topological polar surface area (TPSA) is 86.7 Å². The monoisotopic (exact) mass is 270 g/mol. The Labute approximate surface area is 113 Å². The van der Waals surface area contributed by atoms with Gasteiger partial charge in [-0.2, -0.15) is 0 Å². The normalized spacial score (nSPS) is 26.6. The quantitative estimate of drug-likeness (QED) is 0.783. The molecule has 1 aliphatic rings. The number of rotatable bonds is 4. The molecular weight excluding hydrogens is 248 g/mol. The van der Waals surface area contributed by atoms with E-state index in [-0.39, 0.29) is 18.4 Å². The number of nitrogens with one attached hydrogen (secondary N) is 1. The molecule has 0 spiro atoms. The molecule has 2 unspecified atom stereocenters. The zero-order chi connectivity index (χ0) is 14.6. The average Bonchev–Trinajstić information content (AvgIpc) is 2.31. The maximum absolute atomic E-state index is 11.9. The van der Waals surface area contributed by atoms with Gasteiger partial charge < -0.3 is 15.3 Å². The molecule has 0 aromatic rings. The van der Waals surface area contributed by atoms with Crippen molar-refractivity contribution in [3.63, 3.8) is 0 Å². The summed E-state index contributed by atoms with van der Waals surface area (Å²) >= 11 is 0. The number of likely N-dealkylation sites (N-methyl/N-ethyl adjacent to an activating group) is 1. The van der Waals surface area contributed by atoms with Gasteiger partial charge in [0.15, 0.2) is 0 Å². The Morgan fingerprint density at radius 1 is 1.37 bits per heavy atom. The number of hydrogen-bond donors (Lipinski definition) is 2. The number of carboxylic acid groups (broad SMARTS) is 1. The van der Waals surface area contributed by atoms with Crippen LogP contribution in [-0.4, -0.2) is 46.9 Å². The van der Waals surface area contributed by atoms with Gasteiger partial charge in [-0.25, -0.2) is 4.79 Å². The molecule has 0 aromatic heterocycles. The molecule has 1 rings (SSSR count). The lowest BCUT2D eigenvalue weighted by atomic mass is 9.73. The van der Waals surface area contributed by atoms with Crippen LogP contribution in [0.5, 0.6) is 0 Å². The Hall–Kier alpha value is -1.59. The van der Waals surface area contributed by atoms with E-state index in [1.54, 1.807) is 0 Å². The maximum atomic E-state index is 11.9. The average molecular weight is 270 g/mol. The summed E-state index contributed by atoms with van der Waals surface area (Å²) in [5.74, 6) is -1.74. The van der Waals surface area contributed by atoms with Crippen LogP contribution < -0.4 is 5.32 Å². The van der Waals surface area contributed by atoms with Gasteiger partial charge in [-0.3, -0.25) is 9.59 Å². The van der Waals surface area contributed by atoms with Crippen LogP contribution in [0, 0.1) is 5.92 Å². The number of carbonyl (C=O) groups excluding carboxylic acids is 2. The van der Waals surface area contributed by atoms with E-state index in [2.05, 4.69) is 5.32 Å². The van der Waals surface area contributed by atoms with Crippen LogP contribution in [0.15, 0.2) is 0 Å². The van der Waals surface area contributed by atoms with E-state index in [0.29, 0.717) is 6.42 Å². The molecule has 2 atom stereocenters. The molecule has 6 heteroatoms. The second kappa shape index (κ2) is 6.04. The summed E-state index contributed by atoms with van der Waals surface area (Å²) in [4.78, 5) is 35.8. The van der Waals surface area contributed by atoms with Crippen LogP contribution in [0.4, 0.5) is 0 Å². The van der Waals surface area contributed by atoms with Crippen LogP contribution in [0.3, 0.4) is 0 Å². The van der Waals surface area contributed by atoms with Gasteiger partial charge in [-0.05, 0) is 18.8 Å². The third kappa shape index (κ3) is 3.45.